The van der Waals surface area contributed by atoms with E-state index in [2.05, 4.69) is 0 Å². The van der Waals surface area contributed by atoms with Crippen molar-refractivity contribution in [3.63, 3.8) is 0 Å². The number of nitrogens with zero attached hydrogens (tertiary/aromatic N) is 2. The van der Waals surface area contributed by atoms with E-state index in [1.54, 1.807) is 0 Å². The molecule has 0 unspecified atom stereocenters. The third-order valence-electron chi connectivity index (χ3n) is 1.57. The molecule has 0 heterocycles. The van der Waals surface area contributed by atoms with Gasteiger partial charge in [-0.25, -0.2) is 0 Å². The molecule has 0 aromatic heterocycles. The molecule has 0 spiro atoms. The van der Waals surface area contributed by atoms with Crippen LogP contribution in [0, 0.1) is 22.7 Å². The van der Waals surface area contributed by atoms with Crippen LogP contribution < -0.4 is 0 Å². The van der Waals surface area contributed by atoms with E-state index in [0.29, 0.717) is 31.8 Å². The first kappa shape index (κ1) is 11.8. The fourth-order valence-corrected chi connectivity index (χ4v) is 1.26. The van der Waals surface area contributed by atoms with Gasteiger partial charge in [0.2, 0.25) is 0 Å². The molecule has 0 bridgehead atoms. The van der Waals surface area contributed by atoms with Crippen LogP contribution in [0.4, 0.5) is 0 Å². The lowest BCUT2D eigenvalue weighted by atomic mass is 10.1. The molecule has 0 fully saturated rings. The fourth-order valence-electron chi connectivity index (χ4n) is 0.928. The molecule has 0 radical (unpaired) electrons. The number of allylic oxidation sites excluding steroid dienone is 2. The highest BCUT2D eigenvalue weighted by atomic mass is 31.1. The van der Waals surface area contributed by atoms with Gasteiger partial charge in [-0.2, -0.15) is 10.5 Å². The summed E-state index contributed by atoms with van der Waals surface area (Å²) in [7, 11) is 0.0866. The van der Waals surface area contributed by atoms with Gasteiger partial charge in [0.05, 0.1) is 12.1 Å². The average molecular weight is 194 g/mol. The van der Waals surface area contributed by atoms with Crippen molar-refractivity contribution in [2.45, 2.75) is 25.7 Å². The summed E-state index contributed by atoms with van der Waals surface area (Å²) in [6.45, 7) is 0. The second-order valence-electron chi connectivity index (χ2n) is 2.49. The van der Waals surface area contributed by atoms with Crippen molar-refractivity contribution in [1.29, 1.82) is 10.5 Å². The lowest BCUT2D eigenvalue weighted by Gasteiger charge is -1.99. The van der Waals surface area contributed by atoms with E-state index in [1.165, 1.54) is 0 Å². The number of hydrogen-bond donors (Lipinski definition) is 0. The molecule has 0 aliphatic rings. The zero-order valence-corrected chi connectivity index (χ0v) is 8.26. The van der Waals surface area contributed by atoms with Gasteiger partial charge in [-0.1, -0.05) is 11.6 Å². The van der Waals surface area contributed by atoms with E-state index in [1.807, 2.05) is 18.2 Å². The summed E-state index contributed by atoms with van der Waals surface area (Å²) in [6, 6.07) is 4.09. The number of hydrogen-bond acceptors (Lipinski definition) is 3. The van der Waals surface area contributed by atoms with E-state index in [4.69, 9.17) is 10.5 Å². The molecule has 0 N–H and O–H groups in total. The Bertz CT molecular complexity index is 240. The van der Waals surface area contributed by atoms with Gasteiger partial charge in [0.25, 0.3) is 0 Å². The highest BCUT2D eigenvalue weighted by molar-refractivity contribution is 7.23. The van der Waals surface area contributed by atoms with Crippen LogP contribution >= 0.6 is 8.46 Å². The summed E-state index contributed by atoms with van der Waals surface area (Å²) in [6.07, 6.45) is 4.64. The highest BCUT2D eigenvalue weighted by Crippen LogP contribution is 2.12. The van der Waals surface area contributed by atoms with Crippen LogP contribution in [-0.4, -0.2) is 6.16 Å². The van der Waals surface area contributed by atoms with Crippen molar-refractivity contribution in [2.75, 3.05) is 6.16 Å². The molecule has 3 nitrogen and oxygen atoms in total. The molecule has 0 aromatic rings. The minimum atomic E-state index is 0.0866. The quantitative estimate of drug-likeness (QED) is 0.482. The van der Waals surface area contributed by atoms with Crippen molar-refractivity contribution in [2.24, 2.45) is 0 Å². The topological polar surface area (TPSA) is 64.7 Å². The largest absolute Gasteiger partial charge is 0.275 e. The van der Waals surface area contributed by atoms with Gasteiger partial charge >= 0.3 is 0 Å². The Kier molecular flexibility index (Phi) is 8.10. The van der Waals surface area contributed by atoms with Gasteiger partial charge in [-0.15, -0.1) is 0 Å². The molecule has 0 amide bonds. The minimum Gasteiger partial charge on any atom is -0.275 e. The molecular weight excluding hydrogens is 183 g/mol. The van der Waals surface area contributed by atoms with Gasteiger partial charge in [0.15, 0.2) is 8.46 Å². The fraction of sp³-hybridized carbons (Fsp3) is 0.556. The van der Waals surface area contributed by atoms with E-state index >= 15 is 0 Å². The zero-order valence-electron chi connectivity index (χ0n) is 7.36. The van der Waals surface area contributed by atoms with Crippen LogP contribution in [0.2, 0.25) is 0 Å². The minimum absolute atomic E-state index is 0.0866. The summed E-state index contributed by atoms with van der Waals surface area (Å²) < 4.78 is 10.2. The third kappa shape index (κ3) is 7.19. The van der Waals surface area contributed by atoms with Crippen molar-refractivity contribution in [1.82, 2.24) is 0 Å². The lowest BCUT2D eigenvalue weighted by Crippen LogP contribution is -1.84. The van der Waals surface area contributed by atoms with E-state index in [-0.39, 0.29) is 8.46 Å². The van der Waals surface area contributed by atoms with Crippen LogP contribution in [0.25, 0.3) is 0 Å². The van der Waals surface area contributed by atoms with Crippen LogP contribution in [0.1, 0.15) is 25.7 Å². The maximum Gasteiger partial charge on any atom is 0.159 e. The smallest absolute Gasteiger partial charge is 0.159 e. The second-order valence-corrected chi connectivity index (χ2v) is 3.11. The molecule has 0 aliphatic heterocycles. The SMILES string of the molecule is N#CCCC(=CCP=O)CCC#N. The second kappa shape index (κ2) is 8.91. The third-order valence-corrected chi connectivity index (χ3v) is 1.90. The van der Waals surface area contributed by atoms with E-state index < -0.39 is 0 Å². The number of nitriles is 2. The Morgan fingerprint density at radius 3 is 2.15 bits per heavy atom. The molecule has 4 heteroatoms. The van der Waals surface area contributed by atoms with Crippen LogP contribution in [-0.2, 0) is 4.57 Å². The monoisotopic (exact) mass is 194 g/mol. The summed E-state index contributed by atoms with van der Waals surface area (Å²) in [5.41, 5.74) is 1.06. The molecule has 0 saturated carbocycles. The van der Waals surface area contributed by atoms with Crippen molar-refractivity contribution in [3.05, 3.63) is 11.6 Å². The lowest BCUT2D eigenvalue weighted by molar-refractivity contribution is 0.600. The highest BCUT2D eigenvalue weighted by Gasteiger charge is 1.96. The first-order valence-corrected chi connectivity index (χ1v) is 5.05. The van der Waals surface area contributed by atoms with Crippen LogP contribution in [0.5, 0.6) is 0 Å². The van der Waals surface area contributed by atoms with Crippen LogP contribution in [0.3, 0.4) is 0 Å². The van der Waals surface area contributed by atoms with Crippen molar-refractivity contribution < 1.29 is 4.57 Å². The molecule has 0 atom stereocenters. The Morgan fingerprint density at radius 2 is 1.77 bits per heavy atom. The Hall–Kier alpha value is -1.18. The molecular formula is C9H11N2OP. The van der Waals surface area contributed by atoms with Gasteiger partial charge in [-0.05, 0) is 12.8 Å². The molecule has 68 valence electrons. The normalized spacial score (nSPS) is 8.77. The Labute approximate surface area is 79.9 Å². The molecule has 0 saturated heterocycles. The predicted molar refractivity (Wildman–Crippen MR) is 50.3 cm³/mol. The van der Waals surface area contributed by atoms with Crippen molar-refractivity contribution in [3.8, 4) is 12.1 Å². The maximum atomic E-state index is 10.2. The van der Waals surface area contributed by atoms with E-state index in [9.17, 15) is 4.57 Å². The summed E-state index contributed by atoms with van der Waals surface area (Å²) >= 11 is 0. The standard InChI is InChI=1S/C9H11N2OP/c10-6-1-3-9(4-2-7-11)5-8-13-12/h5H,1-4,8H2. The average Bonchev–Trinajstić information content (AvgIpc) is 2.17. The van der Waals surface area contributed by atoms with Crippen LogP contribution in [0.15, 0.2) is 11.6 Å². The molecule has 13 heavy (non-hydrogen) atoms. The Balaban J connectivity index is 3.96. The Morgan fingerprint density at radius 1 is 1.23 bits per heavy atom. The van der Waals surface area contributed by atoms with Crippen molar-refractivity contribution >= 4 is 8.46 Å². The maximum absolute atomic E-state index is 10.2. The predicted octanol–water partition coefficient (Wildman–Crippen LogP) is 2.81. The molecule has 0 aliphatic carbocycles. The van der Waals surface area contributed by atoms with E-state index in [0.717, 1.165) is 5.57 Å². The first-order valence-electron chi connectivity index (χ1n) is 4.06. The van der Waals surface area contributed by atoms with Gasteiger partial charge in [0.1, 0.15) is 0 Å². The first-order chi connectivity index (χ1) is 6.35. The molecule has 0 rings (SSSR count). The summed E-state index contributed by atoms with van der Waals surface area (Å²) in [5.74, 6) is 0. The number of rotatable bonds is 6. The van der Waals surface area contributed by atoms with Gasteiger partial charge < -0.3 is 0 Å². The van der Waals surface area contributed by atoms with Gasteiger partial charge in [-0.3, -0.25) is 4.57 Å². The summed E-state index contributed by atoms with van der Waals surface area (Å²) in [4.78, 5) is 0. The zero-order chi connectivity index (χ0) is 9.94. The van der Waals surface area contributed by atoms with Gasteiger partial charge in [0, 0.05) is 19.0 Å². The molecule has 0 aromatic carbocycles. The summed E-state index contributed by atoms with van der Waals surface area (Å²) in [5, 5.41) is 16.7.